The molecule has 0 aliphatic heterocycles. The second-order valence-corrected chi connectivity index (χ2v) is 4.86. The number of hydrogen-bond donors (Lipinski definition) is 1. The Morgan fingerprint density at radius 2 is 2.21 bits per heavy atom. The number of pyridine rings is 1. The molecule has 1 N–H and O–H groups in total. The monoisotopic (exact) mass is 255 g/mol. The van der Waals surface area contributed by atoms with Crippen LogP contribution in [-0.2, 0) is 6.54 Å². The van der Waals surface area contributed by atoms with Crippen LogP contribution in [0.4, 0.5) is 0 Å². The smallest absolute Gasteiger partial charge is 0.137 e. The zero-order chi connectivity index (χ0) is 13.2. The van der Waals surface area contributed by atoms with E-state index in [1.54, 1.807) is 6.26 Å². The van der Waals surface area contributed by atoms with Gasteiger partial charge in [0.1, 0.15) is 11.4 Å². The quantitative estimate of drug-likeness (QED) is 0.779. The van der Waals surface area contributed by atoms with E-state index in [1.807, 2.05) is 30.6 Å². The largest absolute Gasteiger partial charge is 0.467 e. The normalized spacial score (nSPS) is 11.5. The highest BCUT2D eigenvalue weighted by molar-refractivity contribution is 5.65. The Bertz CT molecular complexity index is 681. The Labute approximate surface area is 112 Å². The fourth-order valence-corrected chi connectivity index (χ4v) is 2.17. The predicted molar refractivity (Wildman–Crippen MR) is 74.9 cm³/mol. The highest BCUT2D eigenvalue weighted by Gasteiger charge is 2.11. The maximum Gasteiger partial charge on any atom is 0.137 e. The minimum absolute atomic E-state index is 0.432. The number of hydrogen-bond acceptors (Lipinski definition) is 3. The van der Waals surface area contributed by atoms with Gasteiger partial charge < -0.3 is 9.73 Å². The highest BCUT2D eigenvalue weighted by Crippen LogP contribution is 2.25. The van der Waals surface area contributed by atoms with E-state index in [0.29, 0.717) is 6.04 Å². The first-order chi connectivity index (χ1) is 9.25. The van der Waals surface area contributed by atoms with Gasteiger partial charge in [0.05, 0.1) is 18.5 Å². The van der Waals surface area contributed by atoms with E-state index < -0.39 is 0 Å². The predicted octanol–water partition coefficient (Wildman–Crippen LogP) is 3.09. The summed E-state index contributed by atoms with van der Waals surface area (Å²) in [6, 6.07) is 8.53. The van der Waals surface area contributed by atoms with Gasteiger partial charge >= 0.3 is 0 Å². The third-order valence-electron chi connectivity index (χ3n) is 3.12. The average Bonchev–Trinajstić information content (AvgIpc) is 3.04. The van der Waals surface area contributed by atoms with Gasteiger partial charge in [-0.25, -0.2) is 4.98 Å². The van der Waals surface area contributed by atoms with Crippen molar-refractivity contribution in [3.8, 4) is 11.3 Å². The number of nitrogens with zero attached hydrogens (tertiary/aromatic N) is 2. The van der Waals surface area contributed by atoms with Crippen LogP contribution in [0, 0.1) is 0 Å². The second kappa shape index (κ2) is 4.90. The lowest BCUT2D eigenvalue weighted by molar-refractivity contribution is 0.466. The molecule has 19 heavy (non-hydrogen) atoms. The van der Waals surface area contributed by atoms with Crippen molar-refractivity contribution >= 4 is 5.65 Å². The van der Waals surface area contributed by atoms with Crippen LogP contribution < -0.4 is 5.32 Å². The van der Waals surface area contributed by atoms with Gasteiger partial charge in [0.15, 0.2) is 0 Å². The maximum atomic E-state index is 5.60. The molecule has 0 aliphatic carbocycles. The van der Waals surface area contributed by atoms with E-state index in [-0.39, 0.29) is 0 Å². The molecule has 0 unspecified atom stereocenters. The molecule has 0 radical (unpaired) electrons. The summed E-state index contributed by atoms with van der Waals surface area (Å²) < 4.78 is 7.67. The van der Waals surface area contributed by atoms with Gasteiger partial charge in [-0.05, 0) is 18.2 Å². The number of rotatable bonds is 4. The summed E-state index contributed by atoms with van der Waals surface area (Å²) in [5.41, 5.74) is 3.16. The second-order valence-electron chi connectivity index (χ2n) is 4.86. The molecule has 0 fully saturated rings. The lowest BCUT2D eigenvalue weighted by atomic mass is 10.1. The zero-order valence-corrected chi connectivity index (χ0v) is 11.1. The number of fused-ring (bicyclic) bond motifs is 1. The number of imidazole rings is 1. The first-order valence-electron chi connectivity index (χ1n) is 6.48. The average molecular weight is 255 g/mol. The first-order valence-corrected chi connectivity index (χ1v) is 6.48. The molecular weight excluding hydrogens is 238 g/mol. The van der Waals surface area contributed by atoms with Gasteiger partial charge in [-0.2, -0.15) is 0 Å². The van der Waals surface area contributed by atoms with Crippen molar-refractivity contribution in [3.05, 3.63) is 48.7 Å². The molecule has 3 aromatic heterocycles. The van der Waals surface area contributed by atoms with Crippen molar-refractivity contribution in [1.29, 1.82) is 0 Å². The van der Waals surface area contributed by atoms with Gasteiger partial charge in [-0.3, -0.25) is 4.40 Å². The topological polar surface area (TPSA) is 42.5 Å². The van der Waals surface area contributed by atoms with E-state index in [1.165, 1.54) is 0 Å². The summed E-state index contributed by atoms with van der Waals surface area (Å²) in [6.45, 7) is 4.98. The van der Waals surface area contributed by atoms with Gasteiger partial charge in [-0.1, -0.05) is 19.9 Å². The minimum Gasteiger partial charge on any atom is -0.467 e. The van der Waals surface area contributed by atoms with Crippen LogP contribution in [0.15, 0.2) is 47.3 Å². The Morgan fingerprint density at radius 3 is 3.05 bits per heavy atom. The Balaban J connectivity index is 2.02. The third kappa shape index (κ3) is 2.27. The lowest BCUT2D eigenvalue weighted by Gasteiger charge is -2.09. The van der Waals surface area contributed by atoms with Crippen molar-refractivity contribution in [2.45, 2.75) is 26.4 Å². The van der Waals surface area contributed by atoms with E-state index in [4.69, 9.17) is 4.42 Å². The van der Waals surface area contributed by atoms with Crippen LogP contribution in [0.2, 0.25) is 0 Å². The van der Waals surface area contributed by atoms with Crippen molar-refractivity contribution < 1.29 is 4.42 Å². The van der Waals surface area contributed by atoms with Gasteiger partial charge in [0, 0.05) is 24.0 Å². The van der Waals surface area contributed by atoms with Crippen LogP contribution in [0.1, 0.15) is 19.6 Å². The Kier molecular flexibility index (Phi) is 3.09. The van der Waals surface area contributed by atoms with Crippen molar-refractivity contribution in [3.63, 3.8) is 0 Å². The summed E-state index contributed by atoms with van der Waals surface area (Å²) in [6.07, 6.45) is 5.52. The molecule has 0 aromatic carbocycles. The molecule has 3 heterocycles. The van der Waals surface area contributed by atoms with E-state index >= 15 is 0 Å². The number of nitrogens with one attached hydrogen (secondary N) is 1. The zero-order valence-electron chi connectivity index (χ0n) is 11.1. The van der Waals surface area contributed by atoms with Crippen molar-refractivity contribution in [2.75, 3.05) is 0 Å². The molecule has 0 aliphatic rings. The Hall–Kier alpha value is -2.07. The van der Waals surface area contributed by atoms with E-state index in [0.717, 1.165) is 29.2 Å². The molecule has 4 nitrogen and oxygen atoms in total. The van der Waals surface area contributed by atoms with Crippen LogP contribution >= 0.6 is 0 Å². The molecule has 0 saturated carbocycles. The minimum atomic E-state index is 0.432. The molecule has 3 aromatic rings. The molecule has 0 atom stereocenters. The molecule has 4 heteroatoms. The van der Waals surface area contributed by atoms with Gasteiger partial charge in [0.25, 0.3) is 0 Å². The van der Waals surface area contributed by atoms with E-state index in [9.17, 15) is 0 Å². The maximum absolute atomic E-state index is 5.60. The van der Waals surface area contributed by atoms with Crippen molar-refractivity contribution in [1.82, 2.24) is 14.7 Å². The standard InChI is InChI=1S/C15H17N3O/c1-11(2)17-10-14-12(6-9-19-14)13-4-3-5-15-16-7-8-18(13)15/h3-9,11,17H,10H2,1-2H3. The highest BCUT2D eigenvalue weighted by atomic mass is 16.3. The van der Waals surface area contributed by atoms with Crippen LogP contribution in [0.3, 0.4) is 0 Å². The number of aromatic nitrogens is 2. The summed E-state index contributed by atoms with van der Waals surface area (Å²) in [5.74, 6) is 0.954. The van der Waals surface area contributed by atoms with Crippen LogP contribution in [0.25, 0.3) is 16.9 Å². The van der Waals surface area contributed by atoms with Gasteiger partial charge in [0.2, 0.25) is 0 Å². The molecule has 3 rings (SSSR count). The van der Waals surface area contributed by atoms with Gasteiger partial charge in [-0.15, -0.1) is 0 Å². The number of furan rings is 1. The molecule has 0 bridgehead atoms. The fourth-order valence-electron chi connectivity index (χ4n) is 2.17. The fraction of sp³-hybridized carbons (Fsp3) is 0.267. The SMILES string of the molecule is CC(C)NCc1occc1-c1cccc2nccn12. The summed E-state index contributed by atoms with van der Waals surface area (Å²) in [5, 5.41) is 3.38. The third-order valence-corrected chi connectivity index (χ3v) is 3.12. The lowest BCUT2D eigenvalue weighted by Crippen LogP contribution is -2.21. The van der Waals surface area contributed by atoms with Crippen LogP contribution in [0.5, 0.6) is 0 Å². The summed E-state index contributed by atoms with van der Waals surface area (Å²) >= 11 is 0. The van der Waals surface area contributed by atoms with E-state index in [2.05, 4.69) is 34.6 Å². The molecule has 0 spiro atoms. The summed E-state index contributed by atoms with van der Waals surface area (Å²) in [7, 11) is 0. The van der Waals surface area contributed by atoms with Crippen LogP contribution in [-0.4, -0.2) is 15.4 Å². The van der Waals surface area contributed by atoms with Crippen molar-refractivity contribution in [2.24, 2.45) is 0 Å². The molecule has 98 valence electrons. The molecule has 0 saturated heterocycles. The Morgan fingerprint density at radius 1 is 1.32 bits per heavy atom. The molecular formula is C15H17N3O. The first kappa shape index (κ1) is 12.0. The molecule has 0 amide bonds. The summed E-state index contributed by atoms with van der Waals surface area (Å²) in [4.78, 5) is 4.31.